The van der Waals surface area contributed by atoms with Gasteiger partial charge in [0.25, 0.3) is 5.91 Å². The smallest absolute Gasteiger partial charge is 0.324 e. The molecule has 1 aromatic heterocycles. The van der Waals surface area contributed by atoms with Crippen molar-refractivity contribution >= 4 is 39.5 Å². The molecule has 0 aliphatic rings. The van der Waals surface area contributed by atoms with Gasteiger partial charge in [0, 0.05) is 23.6 Å². The zero-order valence-electron chi connectivity index (χ0n) is 11.6. The van der Waals surface area contributed by atoms with Gasteiger partial charge in [-0.15, -0.1) is 0 Å². The van der Waals surface area contributed by atoms with Crippen LogP contribution in [-0.2, 0) is 0 Å². The maximum atomic E-state index is 12.1. The Morgan fingerprint density at radius 3 is 2.50 bits per heavy atom. The van der Waals surface area contributed by atoms with Gasteiger partial charge in [0.1, 0.15) is 11.5 Å². The standard InChI is InChI=1S/C13H11ClN2O5S/c1-20-10-5-9(11(21-2)4-8(10)14)15-13(17)7-3-12(16(18)19)22-6-7/h3-6H,1-2H3,(H,15,17). The number of carbonyl (C=O) groups excluding carboxylic acids is 1. The molecule has 0 radical (unpaired) electrons. The van der Waals surface area contributed by atoms with Gasteiger partial charge in [-0.3, -0.25) is 14.9 Å². The number of hydrogen-bond acceptors (Lipinski definition) is 6. The lowest BCUT2D eigenvalue weighted by atomic mass is 10.2. The first kappa shape index (κ1) is 16.1. The quantitative estimate of drug-likeness (QED) is 0.662. The first-order valence-corrected chi connectivity index (χ1v) is 7.17. The molecule has 0 fully saturated rings. The van der Waals surface area contributed by atoms with Gasteiger partial charge in [-0.2, -0.15) is 0 Å². The Morgan fingerprint density at radius 1 is 1.27 bits per heavy atom. The normalized spacial score (nSPS) is 10.1. The van der Waals surface area contributed by atoms with E-state index in [1.165, 1.54) is 37.8 Å². The van der Waals surface area contributed by atoms with Gasteiger partial charge in [0.2, 0.25) is 0 Å². The summed E-state index contributed by atoms with van der Waals surface area (Å²) in [5.74, 6) is 0.227. The van der Waals surface area contributed by atoms with Gasteiger partial charge in [0.15, 0.2) is 0 Å². The summed E-state index contributed by atoms with van der Waals surface area (Å²) in [6, 6.07) is 4.23. The zero-order valence-corrected chi connectivity index (χ0v) is 13.2. The first-order chi connectivity index (χ1) is 10.5. The molecule has 0 saturated heterocycles. The summed E-state index contributed by atoms with van der Waals surface area (Å²) in [5, 5.41) is 14.9. The molecular weight excluding hydrogens is 332 g/mol. The third-order valence-electron chi connectivity index (χ3n) is 2.75. The Balaban J connectivity index is 2.28. The van der Waals surface area contributed by atoms with Crippen LogP contribution in [0.1, 0.15) is 10.4 Å². The van der Waals surface area contributed by atoms with E-state index in [4.69, 9.17) is 21.1 Å². The van der Waals surface area contributed by atoms with E-state index >= 15 is 0 Å². The summed E-state index contributed by atoms with van der Waals surface area (Å²) < 4.78 is 10.2. The molecule has 0 unspecified atom stereocenters. The molecule has 7 nitrogen and oxygen atoms in total. The summed E-state index contributed by atoms with van der Waals surface area (Å²) in [4.78, 5) is 22.2. The van der Waals surface area contributed by atoms with Crippen molar-refractivity contribution in [1.82, 2.24) is 0 Å². The van der Waals surface area contributed by atoms with Crippen LogP contribution in [0.25, 0.3) is 0 Å². The number of ether oxygens (including phenoxy) is 2. The van der Waals surface area contributed by atoms with Crippen LogP contribution < -0.4 is 14.8 Å². The number of anilines is 1. The molecule has 1 aromatic carbocycles. The average molecular weight is 343 g/mol. The molecule has 0 spiro atoms. The number of rotatable bonds is 5. The van der Waals surface area contributed by atoms with Crippen LogP contribution in [0, 0.1) is 10.1 Å². The van der Waals surface area contributed by atoms with Crippen molar-refractivity contribution in [2.24, 2.45) is 0 Å². The van der Waals surface area contributed by atoms with Gasteiger partial charge in [-0.1, -0.05) is 22.9 Å². The number of thiophene rings is 1. The Labute approximate surface area is 134 Å². The molecule has 0 aliphatic heterocycles. The molecule has 116 valence electrons. The van der Waals surface area contributed by atoms with E-state index < -0.39 is 10.8 Å². The van der Waals surface area contributed by atoms with Gasteiger partial charge in [-0.25, -0.2) is 0 Å². The van der Waals surface area contributed by atoms with E-state index in [0.29, 0.717) is 22.2 Å². The van der Waals surface area contributed by atoms with Crippen molar-refractivity contribution in [2.45, 2.75) is 0 Å². The lowest BCUT2D eigenvalue weighted by molar-refractivity contribution is -0.380. The number of nitrogens with one attached hydrogen (secondary N) is 1. The Kier molecular flexibility index (Phi) is 4.84. The van der Waals surface area contributed by atoms with E-state index in [1.807, 2.05) is 0 Å². The molecule has 2 rings (SSSR count). The topological polar surface area (TPSA) is 90.7 Å². The maximum absolute atomic E-state index is 12.1. The minimum absolute atomic E-state index is 0.106. The predicted octanol–water partition coefficient (Wildman–Crippen LogP) is 3.58. The van der Waals surface area contributed by atoms with Crippen molar-refractivity contribution in [3.63, 3.8) is 0 Å². The van der Waals surface area contributed by atoms with E-state index in [2.05, 4.69) is 5.32 Å². The Morgan fingerprint density at radius 2 is 1.95 bits per heavy atom. The number of benzene rings is 1. The van der Waals surface area contributed by atoms with E-state index in [9.17, 15) is 14.9 Å². The van der Waals surface area contributed by atoms with Crippen molar-refractivity contribution in [3.8, 4) is 11.5 Å². The molecule has 0 aliphatic carbocycles. The molecule has 1 heterocycles. The molecule has 22 heavy (non-hydrogen) atoms. The highest BCUT2D eigenvalue weighted by molar-refractivity contribution is 7.13. The van der Waals surface area contributed by atoms with Crippen molar-refractivity contribution in [2.75, 3.05) is 19.5 Å². The Bertz CT molecular complexity index is 731. The maximum Gasteiger partial charge on any atom is 0.324 e. The van der Waals surface area contributed by atoms with Crippen molar-refractivity contribution < 1.29 is 19.2 Å². The van der Waals surface area contributed by atoms with E-state index in [-0.39, 0.29) is 10.6 Å². The predicted molar refractivity (Wildman–Crippen MR) is 83.5 cm³/mol. The highest BCUT2D eigenvalue weighted by Gasteiger charge is 2.17. The zero-order chi connectivity index (χ0) is 16.3. The fraction of sp³-hybridized carbons (Fsp3) is 0.154. The second-order valence-electron chi connectivity index (χ2n) is 4.07. The SMILES string of the molecule is COc1cc(NC(=O)c2csc([N+](=O)[O-])c2)c(OC)cc1Cl. The van der Waals surface area contributed by atoms with Gasteiger partial charge in [0.05, 0.1) is 35.4 Å². The van der Waals surface area contributed by atoms with Crippen LogP contribution in [0.4, 0.5) is 10.7 Å². The molecular formula is C13H11ClN2O5S. The number of methoxy groups -OCH3 is 2. The molecule has 1 amide bonds. The van der Waals surface area contributed by atoms with Crippen molar-refractivity contribution in [1.29, 1.82) is 0 Å². The lowest BCUT2D eigenvalue weighted by Gasteiger charge is -2.12. The molecule has 1 N–H and O–H groups in total. The van der Waals surface area contributed by atoms with E-state index in [0.717, 1.165) is 11.3 Å². The summed E-state index contributed by atoms with van der Waals surface area (Å²) in [6.45, 7) is 0. The summed E-state index contributed by atoms with van der Waals surface area (Å²) in [7, 11) is 2.88. The van der Waals surface area contributed by atoms with Gasteiger partial charge in [-0.05, 0) is 0 Å². The lowest BCUT2D eigenvalue weighted by Crippen LogP contribution is -2.12. The molecule has 2 aromatic rings. The average Bonchev–Trinajstić information content (AvgIpc) is 2.98. The van der Waals surface area contributed by atoms with Gasteiger partial charge < -0.3 is 14.8 Å². The third-order valence-corrected chi connectivity index (χ3v) is 3.93. The van der Waals surface area contributed by atoms with Crippen molar-refractivity contribution in [3.05, 3.63) is 44.3 Å². The number of halogens is 1. The summed E-state index contributed by atoms with van der Waals surface area (Å²) in [6.07, 6.45) is 0. The van der Waals surface area contributed by atoms with Gasteiger partial charge >= 0.3 is 5.00 Å². The summed E-state index contributed by atoms with van der Waals surface area (Å²) >= 11 is 6.86. The number of nitro groups is 1. The Hall–Kier alpha value is -2.32. The molecule has 9 heteroatoms. The molecule has 0 atom stereocenters. The second-order valence-corrected chi connectivity index (χ2v) is 5.37. The number of amides is 1. The minimum Gasteiger partial charge on any atom is -0.495 e. The highest BCUT2D eigenvalue weighted by Crippen LogP contribution is 2.36. The first-order valence-electron chi connectivity index (χ1n) is 5.92. The fourth-order valence-electron chi connectivity index (χ4n) is 1.69. The van der Waals surface area contributed by atoms with Crippen LogP contribution in [-0.4, -0.2) is 25.1 Å². The minimum atomic E-state index is -0.548. The molecule has 0 bridgehead atoms. The number of hydrogen-bond donors (Lipinski definition) is 1. The van der Waals surface area contributed by atoms with Crippen LogP contribution in [0.5, 0.6) is 11.5 Å². The van der Waals surface area contributed by atoms with Crippen LogP contribution >= 0.6 is 22.9 Å². The highest BCUT2D eigenvalue weighted by atomic mass is 35.5. The van der Waals surface area contributed by atoms with Crippen LogP contribution in [0.3, 0.4) is 0 Å². The number of carbonyl (C=O) groups is 1. The molecule has 0 saturated carbocycles. The second kappa shape index (κ2) is 6.63. The van der Waals surface area contributed by atoms with E-state index in [1.54, 1.807) is 0 Å². The fourth-order valence-corrected chi connectivity index (χ4v) is 2.63. The summed E-state index contributed by atoms with van der Waals surface area (Å²) in [5.41, 5.74) is 0.537. The third kappa shape index (κ3) is 3.29. The largest absolute Gasteiger partial charge is 0.495 e. The monoisotopic (exact) mass is 342 g/mol. The van der Waals surface area contributed by atoms with Crippen LogP contribution in [0.2, 0.25) is 5.02 Å². The van der Waals surface area contributed by atoms with Crippen LogP contribution in [0.15, 0.2) is 23.6 Å². The number of nitrogens with zero attached hydrogens (tertiary/aromatic N) is 1.